The molecular weight excluding hydrogens is 518 g/mol. The maximum absolute atomic E-state index is 2.70. The van der Waals surface area contributed by atoms with Gasteiger partial charge in [0.2, 0.25) is 0 Å². The third-order valence-electron chi connectivity index (χ3n) is 9.66. The fourth-order valence-electron chi connectivity index (χ4n) is 6.74. The molecule has 0 aliphatic heterocycles. The van der Waals surface area contributed by atoms with Crippen molar-refractivity contribution in [1.82, 2.24) is 0 Å². The van der Waals surface area contributed by atoms with Crippen molar-refractivity contribution in [3.63, 3.8) is 0 Å². The number of nitrogens with zero attached hydrogens (tertiary/aromatic N) is 1. The molecule has 0 radical (unpaired) electrons. The first-order valence-corrected chi connectivity index (χ1v) is 19.6. The zero-order valence-corrected chi connectivity index (χ0v) is 29.2. The largest absolute Gasteiger partial charge is 0.372 e. The molecular formula is C42H73N. The summed E-state index contributed by atoms with van der Waals surface area (Å²) in [7, 11) is 0. The number of hydrogen-bond acceptors (Lipinski definition) is 1. The molecule has 2 aromatic rings. The normalized spacial score (nSPS) is 11.5. The molecule has 2 aromatic carbocycles. The van der Waals surface area contributed by atoms with Gasteiger partial charge in [0, 0.05) is 18.8 Å². The van der Waals surface area contributed by atoms with Gasteiger partial charge in [-0.15, -0.1) is 0 Å². The fraction of sp³-hybridized carbons (Fsp3) is 0.762. The Balaban J connectivity index is 1.56. The first-order chi connectivity index (χ1) is 21.3. The van der Waals surface area contributed by atoms with E-state index in [1.807, 2.05) is 0 Å². The molecule has 0 aliphatic carbocycles. The van der Waals surface area contributed by atoms with Crippen LogP contribution in [0.25, 0.3) is 10.8 Å². The van der Waals surface area contributed by atoms with Gasteiger partial charge in [0.1, 0.15) is 0 Å². The highest BCUT2D eigenvalue weighted by atomic mass is 15.1. The first kappa shape index (κ1) is 37.7. The quantitative estimate of drug-likeness (QED) is 0.0788. The number of rotatable bonds is 31. The summed E-state index contributed by atoms with van der Waals surface area (Å²) in [6, 6.07) is 16.0. The molecule has 0 aromatic heterocycles. The Bertz CT molecular complexity index is 825. The highest BCUT2D eigenvalue weighted by Gasteiger charge is 2.08. The van der Waals surface area contributed by atoms with Crippen LogP contribution in [0.2, 0.25) is 0 Å². The highest BCUT2D eigenvalue weighted by Crippen LogP contribution is 2.24. The minimum absolute atomic E-state index is 1.22. The molecule has 0 spiro atoms. The summed E-state index contributed by atoms with van der Waals surface area (Å²) in [5.41, 5.74) is 1.43. The van der Waals surface area contributed by atoms with E-state index in [1.165, 1.54) is 209 Å². The second-order valence-electron chi connectivity index (χ2n) is 13.7. The predicted octanol–water partition coefficient (Wildman–Crippen LogP) is 14.6. The van der Waals surface area contributed by atoms with Gasteiger partial charge in [0.05, 0.1) is 0 Å². The Kier molecular flexibility index (Phi) is 24.5. The van der Waals surface area contributed by atoms with Crippen molar-refractivity contribution in [2.45, 2.75) is 194 Å². The Morgan fingerprint density at radius 2 is 0.674 bits per heavy atom. The van der Waals surface area contributed by atoms with Gasteiger partial charge in [0.25, 0.3) is 0 Å². The molecule has 0 bridgehead atoms. The van der Waals surface area contributed by atoms with Crippen LogP contribution in [0.4, 0.5) is 5.69 Å². The lowest BCUT2D eigenvalue weighted by molar-refractivity contribution is 0.529. The number of fused-ring (bicyclic) bond motifs is 1. The van der Waals surface area contributed by atoms with Gasteiger partial charge in [0.15, 0.2) is 0 Å². The van der Waals surface area contributed by atoms with Crippen LogP contribution in [0.5, 0.6) is 0 Å². The van der Waals surface area contributed by atoms with Crippen molar-refractivity contribution >= 4 is 16.5 Å². The van der Waals surface area contributed by atoms with E-state index in [9.17, 15) is 0 Å². The van der Waals surface area contributed by atoms with Crippen molar-refractivity contribution in [2.75, 3.05) is 18.0 Å². The van der Waals surface area contributed by atoms with Gasteiger partial charge >= 0.3 is 0 Å². The second kappa shape index (κ2) is 28.0. The van der Waals surface area contributed by atoms with E-state index in [-0.39, 0.29) is 0 Å². The lowest BCUT2D eigenvalue weighted by Gasteiger charge is -2.25. The van der Waals surface area contributed by atoms with Crippen molar-refractivity contribution < 1.29 is 0 Å². The van der Waals surface area contributed by atoms with Crippen LogP contribution in [0.3, 0.4) is 0 Å². The SMILES string of the molecule is CCCCCCCCCCCCCCCCN(CCCCCCCCCCCCCCCC)c1ccc2ccccc2c1. The van der Waals surface area contributed by atoms with Crippen molar-refractivity contribution in [3.8, 4) is 0 Å². The van der Waals surface area contributed by atoms with Crippen LogP contribution < -0.4 is 4.90 Å². The Morgan fingerprint density at radius 3 is 1.05 bits per heavy atom. The molecule has 0 N–H and O–H groups in total. The Hall–Kier alpha value is -1.50. The van der Waals surface area contributed by atoms with E-state index in [0.29, 0.717) is 0 Å². The lowest BCUT2D eigenvalue weighted by Crippen LogP contribution is -2.25. The van der Waals surface area contributed by atoms with Crippen molar-refractivity contribution in [2.24, 2.45) is 0 Å². The number of hydrogen-bond donors (Lipinski definition) is 0. The molecule has 0 fully saturated rings. The van der Waals surface area contributed by atoms with Gasteiger partial charge in [-0.1, -0.05) is 211 Å². The minimum atomic E-state index is 1.22. The molecule has 0 saturated carbocycles. The summed E-state index contributed by atoms with van der Waals surface area (Å²) < 4.78 is 0. The summed E-state index contributed by atoms with van der Waals surface area (Å²) in [4.78, 5) is 2.70. The predicted molar refractivity (Wildman–Crippen MR) is 197 cm³/mol. The van der Waals surface area contributed by atoms with Crippen LogP contribution in [0.15, 0.2) is 42.5 Å². The summed E-state index contributed by atoms with van der Waals surface area (Å²) in [6.07, 6.45) is 40.1. The zero-order chi connectivity index (χ0) is 30.5. The summed E-state index contributed by atoms with van der Waals surface area (Å²) in [5.74, 6) is 0. The van der Waals surface area contributed by atoms with E-state index >= 15 is 0 Å². The first-order valence-electron chi connectivity index (χ1n) is 19.6. The number of unbranched alkanes of at least 4 members (excludes halogenated alkanes) is 26. The standard InChI is InChI=1S/C42H73N/c1-3-5-7-9-11-13-15-17-19-21-23-25-27-31-37-43(42-36-35-40-33-29-30-34-41(40)39-42)38-32-28-26-24-22-20-18-16-14-12-10-8-6-4-2/h29-30,33-36,39H,3-28,31-32,37-38H2,1-2H3. The third-order valence-corrected chi connectivity index (χ3v) is 9.66. The number of anilines is 1. The van der Waals surface area contributed by atoms with E-state index in [0.717, 1.165) is 0 Å². The van der Waals surface area contributed by atoms with Crippen LogP contribution in [-0.4, -0.2) is 13.1 Å². The third kappa shape index (κ3) is 20.2. The highest BCUT2D eigenvalue weighted by molar-refractivity contribution is 5.85. The van der Waals surface area contributed by atoms with E-state index < -0.39 is 0 Å². The fourth-order valence-corrected chi connectivity index (χ4v) is 6.74. The molecule has 0 heterocycles. The molecule has 1 heteroatoms. The van der Waals surface area contributed by atoms with Gasteiger partial charge in [-0.3, -0.25) is 0 Å². The minimum Gasteiger partial charge on any atom is -0.372 e. The molecule has 2 rings (SSSR count). The Morgan fingerprint density at radius 1 is 0.349 bits per heavy atom. The molecule has 0 aliphatic rings. The molecule has 1 nitrogen and oxygen atoms in total. The second-order valence-corrected chi connectivity index (χ2v) is 13.7. The van der Waals surface area contributed by atoms with E-state index in [2.05, 4.69) is 61.2 Å². The smallest absolute Gasteiger partial charge is 0.0372 e. The summed E-state index contributed by atoms with van der Waals surface area (Å²) in [5, 5.41) is 2.74. The molecule has 0 unspecified atom stereocenters. The number of benzene rings is 2. The van der Waals surface area contributed by atoms with E-state index in [1.54, 1.807) is 0 Å². The summed E-state index contributed by atoms with van der Waals surface area (Å²) >= 11 is 0. The topological polar surface area (TPSA) is 3.24 Å². The molecule has 0 amide bonds. The van der Waals surface area contributed by atoms with Crippen molar-refractivity contribution in [3.05, 3.63) is 42.5 Å². The average molecular weight is 592 g/mol. The monoisotopic (exact) mass is 592 g/mol. The van der Waals surface area contributed by atoms with Crippen molar-refractivity contribution in [1.29, 1.82) is 0 Å². The molecule has 43 heavy (non-hydrogen) atoms. The van der Waals surface area contributed by atoms with Crippen LogP contribution in [0, 0.1) is 0 Å². The maximum atomic E-state index is 2.70. The molecule has 0 saturated heterocycles. The van der Waals surface area contributed by atoms with E-state index in [4.69, 9.17) is 0 Å². The van der Waals surface area contributed by atoms with Crippen LogP contribution in [0.1, 0.15) is 194 Å². The lowest BCUT2D eigenvalue weighted by atomic mass is 10.0. The maximum Gasteiger partial charge on any atom is 0.0372 e. The average Bonchev–Trinajstić information content (AvgIpc) is 3.03. The molecule has 0 atom stereocenters. The zero-order valence-electron chi connectivity index (χ0n) is 29.2. The van der Waals surface area contributed by atoms with Gasteiger partial charge in [-0.05, 0) is 35.7 Å². The summed E-state index contributed by atoms with van der Waals surface area (Å²) in [6.45, 7) is 7.05. The van der Waals surface area contributed by atoms with Crippen LogP contribution >= 0.6 is 0 Å². The molecule has 246 valence electrons. The van der Waals surface area contributed by atoms with Crippen LogP contribution in [-0.2, 0) is 0 Å². The van der Waals surface area contributed by atoms with Gasteiger partial charge in [-0.25, -0.2) is 0 Å². The van der Waals surface area contributed by atoms with Gasteiger partial charge in [-0.2, -0.15) is 0 Å². The Labute approximate surface area is 270 Å². The van der Waals surface area contributed by atoms with Gasteiger partial charge < -0.3 is 4.90 Å².